The van der Waals surface area contributed by atoms with Crippen LogP contribution in [0.2, 0.25) is 0 Å². The highest BCUT2D eigenvalue weighted by molar-refractivity contribution is 9.10. The minimum atomic E-state index is 0.778. The molecule has 2 aromatic heterocycles. The van der Waals surface area contributed by atoms with Gasteiger partial charge in [0, 0.05) is 10.7 Å². The van der Waals surface area contributed by atoms with Crippen molar-refractivity contribution >= 4 is 27.4 Å². The van der Waals surface area contributed by atoms with Crippen molar-refractivity contribution in [2.24, 2.45) is 0 Å². The summed E-state index contributed by atoms with van der Waals surface area (Å²) in [6.07, 6.45) is 6.56. The van der Waals surface area contributed by atoms with Crippen LogP contribution in [0.4, 0.5) is 5.82 Å². The van der Waals surface area contributed by atoms with Gasteiger partial charge in [0.2, 0.25) is 0 Å². The first-order valence-corrected chi connectivity index (χ1v) is 6.85. The second kappa shape index (κ2) is 5.08. The maximum atomic E-state index is 6.14. The summed E-state index contributed by atoms with van der Waals surface area (Å²) in [6.45, 7) is 4.26. The topological polar surface area (TPSA) is 43.3 Å². The number of hydrogen-bond donors (Lipinski definition) is 1. The number of anilines is 1. The van der Waals surface area contributed by atoms with Crippen LogP contribution in [0.3, 0.4) is 0 Å². The lowest BCUT2D eigenvalue weighted by Crippen LogP contribution is -1.97. The molecule has 2 heterocycles. The van der Waals surface area contributed by atoms with Crippen LogP contribution in [0, 0.1) is 6.92 Å². The van der Waals surface area contributed by atoms with E-state index in [0.29, 0.717) is 0 Å². The van der Waals surface area contributed by atoms with Crippen molar-refractivity contribution in [3.05, 3.63) is 28.0 Å². The van der Waals surface area contributed by atoms with E-state index >= 15 is 0 Å². The van der Waals surface area contributed by atoms with Crippen molar-refractivity contribution in [1.82, 2.24) is 9.38 Å². The van der Waals surface area contributed by atoms with Gasteiger partial charge in [-0.25, -0.2) is 4.98 Å². The number of hydrogen-bond acceptors (Lipinski definition) is 2. The Kier molecular flexibility index (Phi) is 3.72. The number of aromatic nitrogens is 2. The average Bonchev–Trinajstić information content (AvgIpc) is 2.58. The van der Waals surface area contributed by atoms with Crippen molar-refractivity contribution < 1.29 is 0 Å². The van der Waals surface area contributed by atoms with Crippen LogP contribution >= 0.6 is 15.9 Å². The number of halogens is 1. The lowest BCUT2D eigenvalue weighted by molar-refractivity contribution is 0.711. The minimum Gasteiger partial charge on any atom is -0.383 e. The van der Waals surface area contributed by atoms with E-state index in [1.54, 1.807) is 0 Å². The zero-order valence-electron chi connectivity index (χ0n) is 10.3. The van der Waals surface area contributed by atoms with Gasteiger partial charge in [0.1, 0.15) is 11.5 Å². The van der Waals surface area contributed by atoms with E-state index in [9.17, 15) is 0 Å². The number of fused-ring (bicyclic) bond motifs is 1. The highest BCUT2D eigenvalue weighted by atomic mass is 79.9. The third kappa shape index (κ3) is 2.46. The summed E-state index contributed by atoms with van der Waals surface area (Å²) < 4.78 is 3.01. The first-order chi connectivity index (χ1) is 8.13. The van der Waals surface area contributed by atoms with E-state index < -0.39 is 0 Å². The Balaban J connectivity index is 2.39. The summed E-state index contributed by atoms with van der Waals surface area (Å²) in [5.74, 6) is 0.778. The SMILES string of the molecule is CCCCCc1nc2c(C)cc(Br)cn2c1N. The number of imidazole rings is 1. The first-order valence-electron chi connectivity index (χ1n) is 6.06. The number of unbranched alkanes of at least 4 members (excludes halogenated alkanes) is 2. The maximum absolute atomic E-state index is 6.14. The standard InChI is InChI=1S/C13H18BrN3/c1-3-4-5-6-11-12(15)17-8-10(14)7-9(2)13(17)16-11/h7-8H,3-6,15H2,1-2H3. The monoisotopic (exact) mass is 295 g/mol. The first kappa shape index (κ1) is 12.4. The Morgan fingerprint density at radius 1 is 1.41 bits per heavy atom. The normalized spacial score (nSPS) is 11.2. The molecule has 0 aromatic carbocycles. The van der Waals surface area contributed by atoms with Gasteiger partial charge in [-0.3, -0.25) is 4.40 Å². The quantitative estimate of drug-likeness (QED) is 0.874. The molecule has 2 N–H and O–H groups in total. The second-order valence-electron chi connectivity index (χ2n) is 4.44. The van der Waals surface area contributed by atoms with Crippen molar-refractivity contribution in [1.29, 1.82) is 0 Å². The van der Waals surface area contributed by atoms with Crippen LogP contribution in [0.25, 0.3) is 5.65 Å². The number of aryl methyl sites for hydroxylation is 2. The van der Waals surface area contributed by atoms with E-state index in [1.165, 1.54) is 12.8 Å². The molecule has 0 saturated carbocycles. The van der Waals surface area contributed by atoms with Crippen LogP contribution in [0.1, 0.15) is 37.4 Å². The van der Waals surface area contributed by atoms with E-state index in [4.69, 9.17) is 5.73 Å². The Labute approximate surface area is 110 Å². The highest BCUT2D eigenvalue weighted by Gasteiger charge is 2.11. The molecule has 4 heteroatoms. The molecule has 0 aliphatic heterocycles. The van der Waals surface area contributed by atoms with Gasteiger partial charge in [-0.2, -0.15) is 0 Å². The molecule has 92 valence electrons. The summed E-state index contributed by atoms with van der Waals surface area (Å²) >= 11 is 3.49. The largest absolute Gasteiger partial charge is 0.383 e. The zero-order valence-corrected chi connectivity index (χ0v) is 11.9. The molecule has 2 aromatic rings. The third-order valence-corrected chi connectivity index (χ3v) is 3.43. The summed E-state index contributed by atoms with van der Waals surface area (Å²) in [5.41, 5.74) is 9.28. The molecule has 0 fully saturated rings. The van der Waals surface area contributed by atoms with Gasteiger partial charge in [-0.1, -0.05) is 19.8 Å². The fourth-order valence-corrected chi connectivity index (χ4v) is 2.61. The van der Waals surface area contributed by atoms with Crippen molar-refractivity contribution in [3.8, 4) is 0 Å². The zero-order chi connectivity index (χ0) is 12.4. The lowest BCUT2D eigenvalue weighted by atomic mass is 10.1. The molecule has 2 rings (SSSR count). The van der Waals surface area contributed by atoms with E-state index in [0.717, 1.165) is 40.0 Å². The summed E-state index contributed by atoms with van der Waals surface area (Å²) in [5, 5.41) is 0. The smallest absolute Gasteiger partial charge is 0.141 e. The number of nitrogens with zero attached hydrogens (tertiary/aromatic N) is 2. The average molecular weight is 296 g/mol. The molecule has 0 aliphatic carbocycles. The number of nitrogen functional groups attached to an aromatic ring is 1. The highest BCUT2D eigenvalue weighted by Crippen LogP contribution is 2.23. The molecule has 17 heavy (non-hydrogen) atoms. The second-order valence-corrected chi connectivity index (χ2v) is 5.35. The summed E-state index contributed by atoms with van der Waals surface area (Å²) in [6, 6.07) is 2.07. The molecule has 0 aliphatic rings. The van der Waals surface area contributed by atoms with Gasteiger partial charge in [-0.15, -0.1) is 0 Å². The van der Waals surface area contributed by atoms with E-state index in [-0.39, 0.29) is 0 Å². The maximum Gasteiger partial charge on any atom is 0.141 e. The summed E-state index contributed by atoms with van der Waals surface area (Å²) in [7, 11) is 0. The fourth-order valence-electron chi connectivity index (χ4n) is 2.06. The number of rotatable bonds is 4. The molecule has 3 nitrogen and oxygen atoms in total. The van der Waals surface area contributed by atoms with Crippen LogP contribution in [-0.2, 0) is 6.42 Å². The summed E-state index contributed by atoms with van der Waals surface area (Å²) in [4.78, 5) is 4.64. The van der Waals surface area contributed by atoms with Crippen molar-refractivity contribution in [2.45, 2.75) is 39.5 Å². The van der Waals surface area contributed by atoms with Gasteiger partial charge in [0.25, 0.3) is 0 Å². The molecular formula is C13H18BrN3. The van der Waals surface area contributed by atoms with Crippen molar-refractivity contribution in [3.63, 3.8) is 0 Å². The van der Waals surface area contributed by atoms with Gasteiger partial charge >= 0.3 is 0 Å². The minimum absolute atomic E-state index is 0.778. The molecular weight excluding hydrogens is 278 g/mol. The Morgan fingerprint density at radius 3 is 2.88 bits per heavy atom. The van der Waals surface area contributed by atoms with Gasteiger partial charge in [-0.05, 0) is 47.3 Å². The van der Waals surface area contributed by atoms with Crippen LogP contribution < -0.4 is 5.73 Å². The Bertz CT molecular complexity index is 531. The Morgan fingerprint density at radius 2 is 2.18 bits per heavy atom. The number of nitrogens with two attached hydrogens (primary N) is 1. The molecule has 0 unspecified atom stereocenters. The molecule has 0 bridgehead atoms. The molecule has 0 saturated heterocycles. The lowest BCUT2D eigenvalue weighted by Gasteiger charge is -2.01. The van der Waals surface area contributed by atoms with Crippen LogP contribution in [0.5, 0.6) is 0 Å². The predicted octanol–water partition coefficient (Wildman–Crippen LogP) is 3.72. The predicted molar refractivity (Wildman–Crippen MR) is 75.3 cm³/mol. The Hall–Kier alpha value is -1.03. The van der Waals surface area contributed by atoms with Gasteiger partial charge in [0.05, 0.1) is 5.69 Å². The number of pyridine rings is 1. The molecule has 0 atom stereocenters. The van der Waals surface area contributed by atoms with Gasteiger partial charge < -0.3 is 5.73 Å². The molecule has 0 radical (unpaired) electrons. The van der Waals surface area contributed by atoms with Crippen LogP contribution in [0.15, 0.2) is 16.7 Å². The van der Waals surface area contributed by atoms with Crippen molar-refractivity contribution in [2.75, 3.05) is 5.73 Å². The fraction of sp³-hybridized carbons (Fsp3) is 0.462. The molecule has 0 amide bonds. The van der Waals surface area contributed by atoms with Crippen LogP contribution in [-0.4, -0.2) is 9.38 Å². The third-order valence-electron chi connectivity index (χ3n) is 3.00. The van der Waals surface area contributed by atoms with E-state index in [2.05, 4.69) is 40.8 Å². The van der Waals surface area contributed by atoms with E-state index in [1.807, 2.05) is 10.6 Å². The molecule has 0 spiro atoms. The van der Waals surface area contributed by atoms with Gasteiger partial charge in [0.15, 0.2) is 0 Å².